The summed E-state index contributed by atoms with van der Waals surface area (Å²) in [6, 6.07) is 6.08. The molecule has 0 radical (unpaired) electrons. The maximum atomic E-state index is 12.5. The number of halogens is 1. The summed E-state index contributed by atoms with van der Waals surface area (Å²) >= 11 is 0. The molecule has 0 unspecified atom stereocenters. The summed E-state index contributed by atoms with van der Waals surface area (Å²) < 4.78 is 12.5. The van der Waals surface area contributed by atoms with Crippen LogP contribution in [0.25, 0.3) is 0 Å². The lowest BCUT2D eigenvalue weighted by Gasteiger charge is -2.08. The average Bonchev–Trinajstić information content (AvgIpc) is 2.87. The van der Waals surface area contributed by atoms with Crippen LogP contribution < -0.4 is 0 Å². The Balaban J connectivity index is 2.16. The van der Waals surface area contributed by atoms with E-state index >= 15 is 0 Å². The normalized spacial score (nSPS) is 19.2. The van der Waals surface area contributed by atoms with Crippen molar-refractivity contribution >= 4 is 0 Å². The Morgan fingerprint density at radius 1 is 1.25 bits per heavy atom. The Labute approximate surface area is 70.8 Å². The predicted molar refractivity (Wildman–Crippen MR) is 44.1 cm³/mol. The standard InChI is InChI=1S/C10H11FO/c11-9-5-3-8(4-6-9)10(12)7-1-2-7/h3-7,10,12H,1-2H2/t10-/m0/s1. The molecular weight excluding hydrogens is 155 g/mol. The van der Waals surface area contributed by atoms with Gasteiger partial charge in [-0.3, -0.25) is 0 Å². The number of rotatable bonds is 2. The van der Waals surface area contributed by atoms with Gasteiger partial charge in [-0.05, 0) is 36.5 Å². The molecule has 64 valence electrons. The van der Waals surface area contributed by atoms with Gasteiger partial charge in [0.2, 0.25) is 0 Å². The zero-order valence-electron chi connectivity index (χ0n) is 6.70. The number of aliphatic hydroxyl groups is 1. The molecule has 2 rings (SSSR count). The fourth-order valence-electron chi connectivity index (χ4n) is 1.34. The fourth-order valence-corrected chi connectivity index (χ4v) is 1.34. The molecule has 1 aliphatic carbocycles. The van der Waals surface area contributed by atoms with Crippen molar-refractivity contribution in [3.63, 3.8) is 0 Å². The highest BCUT2D eigenvalue weighted by Crippen LogP contribution is 2.40. The second-order valence-electron chi connectivity index (χ2n) is 3.33. The molecule has 1 atom stereocenters. The lowest BCUT2D eigenvalue weighted by molar-refractivity contribution is 0.154. The molecule has 1 saturated carbocycles. The summed E-state index contributed by atoms with van der Waals surface area (Å²) in [7, 11) is 0. The highest BCUT2D eigenvalue weighted by atomic mass is 19.1. The van der Waals surface area contributed by atoms with Gasteiger partial charge >= 0.3 is 0 Å². The second-order valence-corrected chi connectivity index (χ2v) is 3.33. The van der Waals surface area contributed by atoms with E-state index in [1.54, 1.807) is 12.1 Å². The summed E-state index contributed by atoms with van der Waals surface area (Å²) in [6.45, 7) is 0. The van der Waals surface area contributed by atoms with Crippen molar-refractivity contribution in [2.75, 3.05) is 0 Å². The van der Waals surface area contributed by atoms with Crippen molar-refractivity contribution in [2.45, 2.75) is 18.9 Å². The highest BCUT2D eigenvalue weighted by Gasteiger charge is 2.30. The molecule has 1 aromatic rings. The van der Waals surface area contributed by atoms with E-state index in [2.05, 4.69) is 0 Å². The first-order valence-corrected chi connectivity index (χ1v) is 4.21. The molecule has 0 aromatic heterocycles. The van der Waals surface area contributed by atoms with Gasteiger partial charge in [0.1, 0.15) is 5.82 Å². The SMILES string of the molecule is O[C@H](c1ccc(F)cc1)C1CC1. The molecule has 2 heteroatoms. The second kappa shape index (κ2) is 2.87. The number of hydrogen-bond donors (Lipinski definition) is 1. The van der Waals surface area contributed by atoms with E-state index in [4.69, 9.17) is 0 Å². The summed E-state index contributed by atoms with van der Waals surface area (Å²) in [6.07, 6.45) is 1.81. The van der Waals surface area contributed by atoms with Crippen molar-refractivity contribution in [3.05, 3.63) is 35.6 Å². The Morgan fingerprint density at radius 3 is 2.33 bits per heavy atom. The minimum absolute atomic E-state index is 0.248. The third-order valence-electron chi connectivity index (χ3n) is 2.28. The summed E-state index contributed by atoms with van der Waals surface area (Å²) in [5.41, 5.74) is 0.832. The third-order valence-corrected chi connectivity index (χ3v) is 2.28. The van der Waals surface area contributed by atoms with Crippen molar-refractivity contribution in [3.8, 4) is 0 Å². The Hall–Kier alpha value is -0.890. The molecule has 0 amide bonds. The maximum Gasteiger partial charge on any atom is 0.123 e. The van der Waals surface area contributed by atoms with Gasteiger partial charge in [-0.2, -0.15) is 0 Å². The summed E-state index contributed by atoms with van der Waals surface area (Å²) in [5, 5.41) is 9.63. The van der Waals surface area contributed by atoms with Crippen LogP contribution in [-0.2, 0) is 0 Å². The van der Waals surface area contributed by atoms with Crippen LogP contribution in [-0.4, -0.2) is 5.11 Å². The van der Waals surface area contributed by atoms with E-state index in [0.29, 0.717) is 5.92 Å². The zero-order chi connectivity index (χ0) is 8.55. The van der Waals surface area contributed by atoms with Crippen LogP contribution in [0.3, 0.4) is 0 Å². The Bertz CT molecular complexity index is 264. The van der Waals surface area contributed by atoms with E-state index < -0.39 is 0 Å². The van der Waals surface area contributed by atoms with Crippen molar-refractivity contribution in [1.82, 2.24) is 0 Å². The molecule has 0 heterocycles. The lowest BCUT2D eigenvalue weighted by atomic mass is 10.1. The van der Waals surface area contributed by atoms with Crippen LogP contribution in [0.15, 0.2) is 24.3 Å². The van der Waals surface area contributed by atoms with Crippen molar-refractivity contribution < 1.29 is 9.50 Å². The molecule has 0 bridgehead atoms. The van der Waals surface area contributed by atoms with Gasteiger partial charge in [0, 0.05) is 0 Å². The van der Waals surface area contributed by atoms with Crippen molar-refractivity contribution in [2.24, 2.45) is 5.92 Å². The minimum atomic E-state index is -0.384. The first-order chi connectivity index (χ1) is 5.77. The first kappa shape index (κ1) is 7.74. The van der Waals surface area contributed by atoms with Crippen LogP contribution in [0.1, 0.15) is 24.5 Å². The van der Waals surface area contributed by atoms with Crippen LogP contribution >= 0.6 is 0 Å². The summed E-state index contributed by atoms with van der Waals surface area (Å²) in [5.74, 6) is 0.164. The van der Waals surface area contributed by atoms with E-state index in [-0.39, 0.29) is 11.9 Å². The van der Waals surface area contributed by atoms with Crippen LogP contribution in [0.4, 0.5) is 4.39 Å². The zero-order valence-corrected chi connectivity index (χ0v) is 6.70. The summed E-state index contributed by atoms with van der Waals surface area (Å²) in [4.78, 5) is 0. The number of hydrogen-bond acceptors (Lipinski definition) is 1. The molecule has 1 nitrogen and oxygen atoms in total. The Morgan fingerprint density at radius 2 is 1.83 bits per heavy atom. The first-order valence-electron chi connectivity index (χ1n) is 4.21. The molecule has 1 aliphatic rings. The largest absolute Gasteiger partial charge is 0.388 e. The lowest BCUT2D eigenvalue weighted by Crippen LogP contribution is -1.98. The van der Waals surface area contributed by atoms with Gasteiger partial charge in [0.05, 0.1) is 6.10 Å². The van der Waals surface area contributed by atoms with Crippen LogP contribution in [0.5, 0.6) is 0 Å². The van der Waals surface area contributed by atoms with Crippen LogP contribution in [0, 0.1) is 11.7 Å². The quantitative estimate of drug-likeness (QED) is 0.714. The molecule has 0 spiro atoms. The van der Waals surface area contributed by atoms with Gasteiger partial charge in [0.25, 0.3) is 0 Å². The van der Waals surface area contributed by atoms with Crippen molar-refractivity contribution in [1.29, 1.82) is 0 Å². The maximum absolute atomic E-state index is 12.5. The van der Waals surface area contributed by atoms with Gasteiger partial charge < -0.3 is 5.11 Å². The predicted octanol–water partition coefficient (Wildman–Crippen LogP) is 2.27. The third kappa shape index (κ3) is 1.48. The highest BCUT2D eigenvalue weighted by molar-refractivity contribution is 5.20. The number of benzene rings is 1. The smallest absolute Gasteiger partial charge is 0.123 e. The molecule has 12 heavy (non-hydrogen) atoms. The van der Waals surface area contributed by atoms with E-state index in [1.165, 1.54) is 12.1 Å². The Kier molecular flexibility index (Phi) is 1.85. The van der Waals surface area contributed by atoms with E-state index in [1.807, 2.05) is 0 Å². The van der Waals surface area contributed by atoms with Gasteiger partial charge in [-0.25, -0.2) is 4.39 Å². The minimum Gasteiger partial charge on any atom is -0.388 e. The molecule has 1 aromatic carbocycles. The topological polar surface area (TPSA) is 20.2 Å². The van der Waals surface area contributed by atoms with E-state index in [9.17, 15) is 9.50 Å². The van der Waals surface area contributed by atoms with Gasteiger partial charge in [-0.1, -0.05) is 12.1 Å². The van der Waals surface area contributed by atoms with Gasteiger partial charge in [-0.15, -0.1) is 0 Å². The fraction of sp³-hybridized carbons (Fsp3) is 0.400. The molecule has 1 N–H and O–H groups in total. The number of aliphatic hydroxyl groups excluding tert-OH is 1. The molecular formula is C10H11FO. The molecule has 1 fully saturated rings. The molecule has 0 aliphatic heterocycles. The average molecular weight is 166 g/mol. The van der Waals surface area contributed by atoms with E-state index in [0.717, 1.165) is 18.4 Å². The molecule has 0 saturated heterocycles. The monoisotopic (exact) mass is 166 g/mol. The van der Waals surface area contributed by atoms with Gasteiger partial charge in [0.15, 0.2) is 0 Å². The van der Waals surface area contributed by atoms with Crippen LogP contribution in [0.2, 0.25) is 0 Å².